The quantitative estimate of drug-likeness (QED) is 0.471. The summed E-state index contributed by atoms with van der Waals surface area (Å²) in [5.41, 5.74) is 2.40. The minimum absolute atomic E-state index is 0.373. The lowest BCUT2D eigenvalue weighted by atomic mass is 9.68. The van der Waals surface area contributed by atoms with Gasteiger partial charge in [-0.3, -0.25) is 0 Å². The van der Waals surface area contributed by atoms with Gasteiger partial charge in [-0.05, 0) is 91.0 Å². The third-order valence-corrected chi connectivity index (χ3v) is 7.20. The minimum atomic E-state index is -1.41. The monoisotopic (exact) mass is 386 g/mol. The van der Waals surface area contributed by atoms with Crippen LogP contribution in [0.1, 0.15) is 69.8 Å². The van der Waals surface area contributed by atoms with Crippen molar-refractivity contribution in [3.63, 3.8) is 0 Å². The van der Waals surface area contributed by atoms with Gasteiger partial charge in [0.2, 0.25) is 0 Å². The second-order valence-electron chi connectivity index (χ2n) is 9.01. The average molecular weight is 387 g/mol. The normalized spacial score (nSPS) is 28.3. The third-order valence-electron chi connectivity index (χ3n) is 7.20. The van der Waals surface area contributed by atoms with E-state index in [4.69, 9.17) is 0 Å². The van der Waals surface area contributed by atoms with Crippen LogP contribution in [0.3, 0.4) is 0 Å². The Balaban J connectivity index is 1.39. The Bertz CT molecular complexity index is 772. The summed E-state index contributed by atoms with van der Waals surface area (Å²) >= 11 is 0. The first-order valence-corrected chi connectivity index (χ1v) is 10.8. The van der Waals surface area contributed by atoms with Crippen molar-refractivity contribution >= 4 is 0 Å². The number of halogens is 3. The Kier molecular flexibility index (Phi) is 5.80. The summed E-state index contributed by atoms with van der Waals surface area (Å²) in [6.45, 7) is 2.38. The van der Waals surface area contributed by atoms with Gasteiger partial charge in [-0.1, -0.05) is 44.0 Å². The Labute approximate surface area is 166 Å². The smallest absolute Gasteiger partial charge is 0.194 e. The van der Waals surface area contributed by atoms with Crippen LogP contribution in [0.15, 0.2) is 36.4 Å². The molecule has 0 N–H and O–H groups in total. The molecule has 0 bridgehead atoms. The first-order chi connectivity index (χ1) is 13.5. The number of benzene rings is 2. The lowest BCUT2D eigenvalue weighted by molar-refractivity contribution is 0.165. The van der Waals surface area contributed by atoms with E-state index in [2.05, 4.69) is 19.1 Å². The zero-order valence-corrected chi connectivity index (χ0v) is 16.6. The summed E-state index contributed by atoms with van der Waals surface area (Å²) in [5, 5.41) is 0. The molecule has 4 rings (SSSR count). The summed E-state index contributed by atoms with van der Waals surface area (Å²) in [6.07, 6.45) is 10.7. The van der Waals surface area contributed by atoms with Crippen molar-refractivity contribution in [2.24, 2.45) is 17.8 Å². The van der Waals surface area contributed by atoms with Gasteiger partial charge in [-0.25, -0.2) is 13.2 Å². The third kappa shape index (κ3) is 4.14. The van der Waals surface area contributed by atoms with Crippen LogP contribution >= 0.6 is 0 Å². The van der Waals surface area contributed by atoms with Crippen molar-refractivity contribution in [3.05, 3.63) is 59.4 Å². The van der Waals surface area contributed by atoms with Crippen LogP contribution in [-0.4, -0.2) is 0 Å². The van der Waals surface area contributed by atoms with E-state index in [-0.39, 0.29) is 0 Å². The number of rotatable bonds is 3. The Morgan fingerprint density at radius 3 is 1.68 bits per heavy atom. The summed E-state index contributed by atoms with van der Waals surface area (Å²) in [4.78, 5) is 0. The maximum atomic E-state index is 13.5. The number of hydrogen-bond donors (Lipinski definition) is 0. The SMILES string of the molecule is CC1CCC(C2CCC(c3ccc(-c4cc(F)c(F)c(F)c4)cc3)CC2)CC1. The predicted molar refractivity (Wildman–Crippen MR) is 108 cm³/mol. The van der Waals surface area contributed by atoms with Crippen molar-refractivity contribution < 1.29 is 13.2 Å². The van der Waals surface area contributed by atoms with Crippen LogP contribution in [0, 0.1) is 35.2 Å². The Morgan fingerprint density at radius 2 is 1.14 bits per heavy atom. The molecular weight excluding hydrogens is 357 g/mol. The molecule has 0 aromatic heterocycles. The van der Waals surface area contributed by atoms with E-state index >= 15 is 0 Å². The maximum Gasteiger partial charge on any atom is 0.194 e. The van der Waals surface area contributed by atoms with E-state index in [0.29, 0.717) is 17.0 Å². The highest BCUT2D eigenvalue weighted by Gasteiger charge is 2.30. The first kappa shape index (κ1) is 19.5. The van der Waals surface area contributed by atoms with Crippen LogP contribution < -0.4 is 0 Å². The van der Waals surface area contributed by atoms with E-state index < -0.39 is 17.5 Å². The largest absolute Gasteiger partial charge is 0.204 e. The van der Waals surface area contributed by atoms with Gasteiger partial charge in [0.15, 0.2) is 17.5 Å². The van der Waals surface area contributed by atoms with Gasteiger partial charge >= 0.3 is 0 Å². The van der Waals surface area contributed by atoms with Crippen molar-refractivity contribution in [3.8, 4) is 11.1 Å². The fourth-order valence-electron chi connectivity index (χ4n) is 5.35. The topological polar surface area (TPSA) is 0 Å². The molecule has 0 spiro atoms. The maximum absolute atomic E-state index is 13.5. The average Bonchev–Trinajstić information content (AvgIpc) is 2.72. The molecule has 2 aliphatic rings. The molecule has 2 fully saturated rings. The molecule has 0 unspecified atom stereocenters. The molecule has 2 aromatic carbocycles. The van der Waals surface area contributed by atoms with Crippen LogP contribution in [0.5, 0.6) is 0 Å². The first-order valence-electron chi connectivity index (χ1n) is 10.8. The van der Waals surface area contributed by atoms with Gasteiger partial charge in [0, 0.05) is 0 Å². The number of hydrogen-bond acceptors (Lipinski definition) is 0. The van der Waals surface area contributed by atoms with Gasteiger partial charge < -0.3 is 0 Å². The molecule has 28 heavy (non-hydrogen) atoms. The second-order valence-corrected chi connectivity index (χ2v) is 9.01. The van der Waals surface area contributed by atoms with Crippen LogP contribution in [0.25, 0.3) is 11.1 Å². The minimum Gasteiger partial charge on any atom is -0.204 e. The molecule has 150 valence electrons. The molecule has 0 atom stereocenters. The van der Waals surface area contributed by atoms with E-state index in [0.717, 1.165) is 29.9 Å². The second kappa shape index (κ2) is 8.31. The molecule has 0 saturated heterocycles. The Hall–Kier alpha value is -1.77. The van der Waals surface area contributed by atoms with Crippen LogP contribution in [0.4, 0.5) is 13.2 Å². The fraction of sp³-hybridized carbons (Fsp3) is 0.520. The Morgan fingerprint density at radius 1 is 0.643 bits per heavy atom. The van der Waals surface area contributed by atoms with E-state index in [9.17, 15) is 13.2 Å². The standard InChI is InChI=1S/C25H29F3/c1-16-2-4-17(5-3-16)18-6-8-19(9-7-18)20-10-12-21(13-11-20)22-14-23(26)25(28)24(27)15-22/h10-19H,2-9H2,1H3. The molecule has 2 saturated carbocycles. The molecular formula is C25H29F3. The summed E-state index contributed by atoms with van der Waals surface area (Å²) in [6, 6.07) is 10.1. The highest BCUT2D eigenvalue weighted by atomic mass is 19.2. The van der Waals surface area contributed by atoms with Gasteiger partial charge in [0.05, 0.1) is 0 Å². The van der Waals surface area contributed by atoms with Gasteiger partial charge in [0.25, 0.3) is 0 Å². The van der Waals surface area contributed by atoms with Crippen LogP contribution in [0.2, 0.25) is 0 Å². The zero-order chi connectivity index (χ0) is 19.7. The summed E-state index contributed by atoms with van der Waals surface area (Å²) in [7, 11) is 0. The summed E-state index contributed by atoms with van der Waals surface area (Å²) < 4.78 is 40.2. The molecule has 3 heteroatoms. The van der Waals surface area contributed by atoms with E-state index in [1.807, 2.05) is 12.1 Å². The molecule has 2 aromatic rings. The zero-order valence-electron chi connectivity index (χ0n) is 16.6. The molecule has 0 radical (unpaired) electrons. The highest BCUT2D eigenvalue weighted by Crippen LogP contribution is 2.44. The lowest BCUT2D eigenvalue weighted by Crippen LogP contribution is -2.24. The van der Waals surface area contributed by atoms with Crippen molar-refractivity contribution in [2.45, 2.75) is 64.2 Å². The van der Waals surface area contributed by atoms with Crippen molar-refractivity contribution in [1.82, 2.24) is 0 Å². The van der Waals surface area contributed by atoms with E-state index in [1.54, 1.807) is 0 Å². The van der Waals surface area contributed by atoms with Gasteiger partial charge in [-0.15, -0.1) is 0 Å². The van der Waals surface area contributed by atoms with Crippen LogP contribution in [-0.2, 0) is 0 Å². The van der Waals surface area contributed by atoms with Gasteiger partial charge in [0.1, 0.15) is 0 Å². The van der Waals surface area contributed by atoms with Crippen molar-refractivity contribution in [2.75, 3.05) is 0 Å². The molecule has 0 nitrogen and oxygen atoms in total. The predicted octanol–water partition coefficient (Wildman–Crippen LogP) is 7.87. The highest BCUT2D eigenvalue weighted by molar-refractivity contribution is 5.64. The van der Waals surface area contributed by atoms with E-state index in [1.165, 1.54) is 56.9 Å². The van der Waals surface area contributed by atoms with Gasteiger partial charge in [-0.2, -0.15) is 0 Å². The molecule has 0 heterocycles. The lowest BCUT2D eigenvalue weighted by Gasteiger charge is -2.37. The van der Waals surface area contributed by atoms with Crippen molar-refractivity contribution in [1.29, 1.82) is 0 Å². The fourth-order valence-corrected chi connectivity index (χ4v) is 5.35. The summed E-state index contributed by atoms with van der Waals surface area (Å²) in [5.74, 6) is -0.381. The molecule has 0 aliphatic heterocycles. The molecule has 2 aliphatic carbocycles. The molecule has 0 amide bonds.